The number of nitrogens with zero attached hydrogens (tertiary/aromatic N) is 4. The number of hydrogen-bond donors (Lipinski definition) is 2. The molecule has 2 aromatic heterocycles. The number of H-pyrrole nitrogens is 1. The van der Waals surface area contributed by atoms with Gasteiger partial charge in [0.1, 0.15) is 18.2 Å². The van der Waals surface area contributed by atoms with Crippen LogP contribution in [0.2, 0.25) is 0 Å². The lowest BCUT2D eigenvalue weighted by Crippen LogP contribution is -2.27. The van der Waals surface area contributed by atoms with Crippen LogP contribution in [0.3, 0.4) is 0 Å². The molecule has 2 rings (SSSR count). The second-order valence-corrected chi connectivity index (χ2v) is 5.21. The lowest BCUT2D eigenvalue weighted by Gasteiger charge is -2.18. The van der Waals surface area contributed by atoms with Gasteiger partial charge in [0, 0.05) is 7.11 Å². The summed E-state index contributed by atoms with van der Waals surface area (Å²) in [5.74, 6) is 0.776. The predicted molar refractivity (Wildman–Crippen MR) is 78.3 cm³/mol. The van der Waals surface area contributed by atoms with Crippen molar-refractivity contribution in [2.45, 2.75) is 25.9 Å². The maximum atomic E-state index is 5.13. The third-order valence-corrected chi connectivity index (χ3v) is 3.53. The quantitative estimate of drug-likeness (QED) is 0.759. The summed E-state index contributed by atoms with van der Waals surface area (Å²) in [6, 6.07) is -0.0776. The number of methoxy groups -OCH3 is 1. The second-order valence-electron chi connectivity index (χ2n) is 4.35. The van der Waals surface area contributed by atoms with Crippen molar-refractivity contribution in [1.82, 2.24) is 30.3 Å². The Hall–Kier alpha value is -1.25. The fraction of sp³-hybridized carbons (Fsp3) is 0.583. The molecule has 0 spiro atoms. The van der Waals surface area contributed by atoms with Crippen LogP contribution in [-0.4, -0.2) is 45.2 Å². The average molecular weight is 343 g/mol. The SMILES string of the molecule is CCCNC(c1ncn[nH]1)c1c(Br)cnn1CCOC. The maximum absolute atomic E-state index is 5.13. The van der Waals surface area contributed by atoms with Gasteiger partial charge in [-0.05, 0) is 28.9 Å². The van der Waals surface area contributed by atoms with Gasteiger partial charge in [-0.15, -0.1) is 0 Å². The first-order chi connectivity index (χ1) is 9.77. The molecule has 0 radical (unpaired) electrons. The van der Waals surface area contributed by atoms with Crippen molar-refractivity contribution in [1.29, 1.82) is 0 Å². The number of halogens is 1. The first kappa shape index (κ1) is 15.1. The molecule has 0 aliphatic heterocycles. The molecule has 20 heavy (non-hydrogen) atoms. The van der Waals surface area contributed by atoms with E-state index in [2.05, 4.69) is 48.5 Å². The Bertz CT molecular complexity index is 512. The Morgan fingerprint density at radius 2 is 2.40 bits per heavy atom. The van der Waals surface area contributed by atoms with Crippen molar-refractivity contribution in [3.8, 4) is 0 Å². The number of rotatable bonds is 8. The van der Waals surface area contributed by atoms with E-state index in [0.29, 0.717) is 13.2 Å². The smallest absolute Gasteiger partial charge is 0.147 e. The summed E-state index contributed by atoms with van der Waals surface area (Å²) in [6.45, 7) is 4.31. The van der Waals surface area contributed by atoms with Crippen LogP contribution in [0.25, 0.3) is 0 Å². The van der Waals surface area contributed by atoms with E-state index in [0.717, 1.165) is 29.0 Å². The van der Waals surface area contributed by atoms with Gasteiger partial charge in [-0.3, -0.25) is 9.78 Å². The molecule has 0 saturated heterocycles. The number of hydrogen-bond acceptors (Lipinski definition) is 5. The Morgan fingerprint density at radius 1 is 1.55 bits per heavy atom. The molecule has 0 fully saturated rings. The van der Waals surface area contributed by atoms with E-state index < -0.39 is 0 Å². The standard InChI is InChI=1S/C12H19BrN6O/c1-3-4-14-10(12-15-8-16-18-12)11-9(13)7-17-19(11)5-6-20-2/h7-8,10,14H,3-6H2,1-2H3,(H,15,16,18). The van der Waals surface area contributed by atoms with E-state index in [9.17, 15) is 0 Å². The average Bonchev–Trinajstić information content (AvgIpc) is 3.09. The largest absolute Gasteiger partial charge is 0.383 e. The molecule has 2 N–H and O–H groups in total. The van der Waals surface area contributed by atoms with Crippen molar-refractivity contribution in [3.05, 3.63) is 28.5 Å². The van der Waals surface area contributed by atoms with Gasteiger partial charge in [-0.25, -0.2) is 4.98 Å². The van der Waals surface area contributed by atoms with Gasteiger partial charge in [0.2, 0.25) is 0 Å². The molecule has 0 bridgehead atoms. The van der Waals surface area contributed by atoms with Crippen molar-refractivity contribution in [2.75, 3.05) is 20.3 Å². The van der Waals surface area contributed by atoms with Crippen LogP contribution in [0, 0.1) is 0 Å². The lowest BCUT2D eigenvalue weighted by molar-refractivity contribution is 0.182. The van der Waals surface area contributed by atoms with Gasteiger partial charge in [0.25, 0.3) is 0 Å². The van der Waals surface area contributed by atoms with E-state index in [-0.39, 0.29) is 6.04 Å². The minimum absolute atomic E-state index is 0.0776. The Morgan fingerprint density at radius 3 is 3.05 bits per heavy atom. The lowest BCUT2D eigenvalue weighted by atomic mass is 10.2. The highest BCUT2D eigenvalue weighted by Crippen LogP contribution is 2.26. The zero-order chi connectivity index (χ0) is 14.4. The Labute approximate surface area is 126 Å². The molecule has 110 valence electrons. The van der Waals surface area contributed by atoms with Crippen LogP contribution >= 0.6 is 15.9 Å². The van der Waals surface area contributed by atoms with Crippen LogP contribution in [0.4, 0.5) is 0 Å². The monoisotopic (exact) mass is 342 g/mol. The zero-order valence-electron chi connectivity index (χ0n) is 11.6. The van der Waals surface area contributed by atoms with Gasteiger partial charge in [0.15, 0.2) is 0 Å². The molecule has 0 saturated carbocycles. The van der Waals surface area contributed by atoms with Crippen molar-refractivity contribution >= 4 is 15.9 Å². The van der Waals surface area contributed by atoms with E-state index in [1.807, 2.05) is 4.68 Å². The highest BCUT2D eigenvalue weighted by Gasteiger charge is 2.23. The fourth-order valence-corrected chi connectivity index (χ4v) is 2.51. The highest BCUT2D eigenvalue weighted by atomic mass is 79.9. The molecule has 2 heterocycles. The van der Waals surface area contributed by atoms with Crippen LogP contribution < -0.4 is 5.32 Å². The van der Waals surface area contributed by atoms with Crippen LogP contribution in [-0.2, 0) is 11.3 Å². The van der Waals surface area contributed by atoms with Crippen LogP contribution in [0.1, 0.15) is 30.9 Å². The number of aromatic nitrogens is 5. The summed E-state index contributed by atoms with van der Waals surface area (Å²) in [6.07, 6.45) is 4.34. The van der Waals surface area contributed by atoms with E-state index in [1.54, 1.807) is 13.3 Å². The van der Waals surface area contributed by atoms with Gasteiger partial charge in [-0.1, -0.05) is 6.92 Å². The predicted octanol–water partition coefficient (Wildman–Crippen LogP) is 1.50. The van der Waals surface area contributed by atoms with E-state index in [1.165, 1.54) is 6.33 Å². The van der Waals surface area contributed by atoms with Crippen LogP contribution in [0.5, 0.6) is 0 Å². The molecular weight excluding hydrogens is 324 g/mol. The summed E-state index contributed by atoms with van der Waals surface area (Å²) in [7, 11) is 1.68. The second kappa shape index (κ2) is 7.51. The third kappa shape index (κ3) is 3.44. The summed E-state index contributed by atoms with van der Waals surface area (Å²) in [5, 5.41) is 14.7. The first-order valence-electron chi connectivity index (χ1n) is 6.56. The van der Waals surface area contributed by atoms with Gasteiger partial charge >= 0.3 is 0 Å². The first-order valence-corrected chi connectivity index (χ1v) is 7.36. The molecular formula is C12H19BrN6O. The molecule has 2 aromatic rings. The van der Waals surface area contributed by atoms with Crippen LogP contribution in [0.15, 0.2) is 17.0 Å². The normalized spacial score (nSPS) is 12.8. The Kier molecular flexibility index (Phi) is 5.69. The molecule has 7 nitrogen and oxygen atoms in total. The summed E-state index contributed by atoms with van der Waals surface area (Å²) < 4.78 is 7.99. The number of ether oxygens (including phenoxy) is 1. The summed E-state index contributed by atoms with van der Waals surface area (Å²) in [5.41, 5.74) is 1.02. The van der Waals surface area contributed by atoms with E-state index in [4.69, 9.17) is 4.74 Å². The summed E-state index contributed by atoms with van der Waals surface area (Å²) in [4.78, 5) is 4.27. The summed E-state index contributed by atoms with van der Waals surface area (Å²) >= 11 is 3.56. The Balaban J connectivity index is 2.30. The van der Waals surface area contributed by atoms with E-state index >= 15 is 0 Å². The van der Waals surface area contributed by atoms with Gasteiger partial charge < -0.3 is 10.1 Å². The molecule has 0 aliphatic carbocycles. The molecule has 0 aromatic carbocycles. The minimum atomic E-state index is -0.0776. The van der Waals surface area contributed by atoms with Crippen molar-refractivity contribution in [2.24, 2.45) is 0 Å². The number of nitrogens with one attached hydrogen (secondary N) is 2. The van der Waals surface area contributed by atoms with Gasteiger partial charge in [0.05, 0.1) is 29.5 Å². The number of aromatic amines is 1. The maximum Gasteiger partial charge on any atom is 0.147 e. The van der Waals surface area contributed by atoms with Crippen molar-refractivity contribution in [3.63, 3.8) is 0 Å². The molecule has 1 atom stereocenters. The molecule has 1 unspecified atom stereocenters. The molecule has 0 aliphatic rings. The molecule has 0 amide bonds. The molecule has 8 heteroatoms. The zero-order valence-corrected chi connectivity index (χ0v) is 13.2. The third-order valence-electron chi connectivity index (χ3n) is 2.92. The van der Waals surface area contributed by atoms with Gasteiger partial charge in [-0.2, -0.15) is 10.2 Å². The highest BCUT2D eigenvalue weighted by molar-refractivity contribution is 9.10. The topological polar surface area (TPSA) is 80.7 Å². The van der Waals surface area contributed by atoms with Crippen molar-refractivity contribution < 1.29 is 4.74 Å². The minimum Gasteiger partial charge on any atom is -0.383 e. The fourth-order valence-electron chi connectivity index (χ4n) is 1.98.